The molecule has 0 saturated heterocycles. The summed E-state index contributed by atoms with van der Waals surface area (Å²) in [5.74, 6) is -1.31. The van der Waals surface area contributed by atoms with Gasteiger partial charge in [-0.2, -0.15) is 0 Å². The van der Waals surface area contributed by atoms with Crippen molar-refractivity contribution in [1.82, 2.24) is 10.3 Å². The van der Waals surface area contributed by atoms with Crippen LogP contribution >= 0.6 is 0 Å². The van der Waals surface area contributed by atoms with Crippen molar-refractivity contribution in [2.24, 2.45) is 5.73 Å². The van der Waals surface area contributed by atoms with Gasteiger partial charge >= 0.3 is 0 Å². The largest absolute Gasteiger partial charge is 0.366 e. The fourth-order valence-corrected chi connectivity index (χ4v) is 1.68. The van der Waals surface area contributed by atoms with E-state index in [-0.39, 0.29) is 18.4 Å². The highest BCUT2D eigenvalue weighted by Gasteiger charge is 2.08. The highest BCUT2D eigenvalue weighted by Crippen LogP contribution is 2.08. The van der Waals surface area contributed by atoms with E-state index in [1.807, 2.05) is 0 Å². The minimum atomic E-state index is -0.540. The smallest absolute Gasteiger partial charge is 0.253 e. The van der Waals surface area contributed by atoms with Crippen molar-refractivity contribution >= 4 is 23.4 Å². The van der Waals surface area contributed by atoms with Gasteiger partial charge in [0, 0.05) is 23.6 Å². The number of anilines is 1. The molecule has 0 aliphatic heterocycles. The Hall–Kier alpha value is -3.22. The Bertz CT molecular complexity index is 684. The van der Waals surface area contributed by atoms with Gasteiger partial charge in [0.15, 0.2) is 0 Å². The van der Waals surface area contributed by atoms with Gasteiger partial charge in [0.25, 0.3) is 5.91 Å². The van der Waals surface area contributed by atoms with Gasteiger partial charge < -0.3 is 16.4 Å². The third kappa shape index (κ3) is 4.14. The molecular weight excluding hydrogens is 284 g/mol. The minimum absolute atomic E-state index is 0.175. The highest BCUT2D eigenvalue weighted by atomic mass is 16.2. The second kappa shape index (κ2) is 6.98. The van der Waals surface area contributed by atoms with Crippen LogP contribution in [0.2, 0.25) is 0 Å². The molecule has 0 bridgehead atoms. The molecule has 0 radical (unpaired) electrons. The number of nitrogens with zero attached hydrogens (tertiary/aromatic N) is 1. The maximum absolute atomic E-state index is 11.7. The molecule has 0 unspecified atom stereocenters. The number of amides is 3. The van der Waals surface area contributed by atoms with Crippen LogP contribution in [0, 0.1) is 0 Å². The van der Waals surface area contributed by atoms with Gasteiger partial charge in [-0.25, -0.2) is 0 Å². The molecule has 0 saturated carbocycles. The Balaban J connectivity index is 1.85. The zero-order valence-corrected chi connectivity index (χ0v) is 11.6. The molecule has 7 nitrogen and oxygen atoms in total. The van der Waals surface area contributed by atoms with Crippen LogP contribution in [0.3, 0.4) is 0 Å². The zero-order chi connectivity index (χ0) is 15.9. The third-order valence-corrected chi connectivity index (χ3v) is 2.79. The van der Waals surface area contributed by atoms with Gasteiger partial charge in [-0.15, -0.1) is 0 Å². The van der Waals surface area contributed by atoms with Crippen molar-refractivity contribution in [2.45, 2.75) is 0 Å². The first-order valence-corrected chi connectivity index (χ1v) is 6.44. The zero-order valence-electron chi connectivity index (χ0n) is 11.6. The molecule has 3 amide bonds. The van der Waals surface area contributed by atoms with E-state index >= 15 is 0 Å². The number of nitrogens with one attached hydrogen (secondary N) is 2. The molecule has 2 rings (SSSR count). The summed E-state index contributed by atoms with van der Waals surface area (Å²) >= 11 is 0. The number of hydrogen-bond donors (Lipinski definition) is 3. The Morgan fingerprint density at radius 2 is 1.77 bits per heavy atom. The first-order valence-electron chi connectivity index (χ1n) is 6.44. The van der Waals surface area contributed by atoms with Crippen LogP contribution in [0.1, 0.15) is 20.7 Å². The minimum Gasteiger partial charge on any atom is -0.366 e. The molecule has 22 heavy (non-hydrogen) atoms. The fraction of sp³-hybridized carbons (Fsp3) is 0.0667. The molecule has 1 aromatic carbocycles. The van der Waals surface area contributed by atoms with Crippen LogP contribution in [0.15, 0.2) is 48.8 Å². The first kappa shape index (κ1) is 15.2. The van der Waals surface area contributed by atoms with E-state index < -0.39 is 5.91 Å². The topological polar surface area (TPSA) is 114 Å². The van der Waals surface area contributed by atoms with E-state index in [4.69, 9.17) is 5.73 Å². The molecule has 0 spiro atoms. The number of carbonyl (C=O) groups excluding carboxylic acids is 3. The predicted molar refractivity (Wildman–Crippen MR) is 80.2 cm³/mol. The van der Waals surface area contributed by atoms with Crippen molar-refractivity contribution < 1.29 is 14.4 Å². The number of primary amides is 1. The quantitative estimate of drug-likeness (QED) is 0.747. The Morgan fingerprint density at radius 3 is 2.36 bits per heavy atom. The molecule has 1 aromatic heterocycles. The standard InChI is InChI=1S/C15H14N4O3/c16-14(21)10-3-5-12(6-4-10)19-13(20)9-18-15(22)11-2-1-7-17-8-11/h1-8H,9H2,(H2,16,21)(H,18,22)(H,19,20). The summed E-state index contributed by atoms with van der Waals surface area (Å²) in [4.78, 5) is 38.2. The lowest BCUT2D eigenvalue weighted by molar-refractivity contribution is -0.115. The van der Waals surface area contributed by atoms with Crippen molar-refractivity contribution in [2.75, 3.05) is 11.9 Å². The van der Waals surface area contributed by atoms with Crippen molar-refractivity contribution in [1.29, 1.82) is 0 Å². The molecule has 0 aliphatic rings. The van der Waals surface area contributed by atoms with Crippen LogP contribution in [0.5, 0.6) is 0 Å². The van der Waals surface area contributed by atoms with Gasteiger partial charge in [-0.05, 0) is 36.4 Å². The van der Waals surface area contributed by atoms with Gasteiger partial charge in [0.2, 0.25) is 11.8 Å². The van der Waals surface area contributed by atoms with Gasteiger partial charge in [-0.3, -0.25) is 19.4 Å². The second-order valence-corrected chi connectivity index (χ2v) is 4.41. The molecule has 2 aromatic rings. The van der Waals surface area contributed by atoms with E-state index in [0.717, 1.165) is 0 Å². The van der Waals surface area contributed by atoms with E-state index in [2.05, 4.69) is 15.6 Å². The van der Waals surface area contributed by atoms with E-state index in [0.29, 0.717) is 16.8 Å². The number of benzene rings is 1. The molecule has 0 fully saturated rings. The van der Waals surface area contributed by atoms with Crippen molar-refractivity contribution in [3.8, 4) is 0 Å². The van der Waals surface area contributed by atoms with Crippen LogP contribution < -0.4 is 16.4 Å². The monoisotopic (exact) mass is 298 g/mol. The number of nitrogens with two attached hydrogens (primary N) is 1. The average molecular weight is 298 g/mol. The lowest BCUT2D eigenvalue weighted by atomic mass is 10.2. The molecule has 4 N–H and O–H groups in total. The normalized spacial score (nSPS) is 9.82. The molecule has 1 heterocycles. The lowest BCUT2D eigenvalue weighted by Crippen LogP contribution is -2.32. The Labute approximate surface area is 126 Å². The Kier molecular flexibility index (Phi) is 4.81. The molecule has 7 heteroatoms. The summed E-state index contributed by atoms with van der Waals surface area (Å²) in [7, 11) is 0. The highest BCUT2D eigenvalue weighted by molar-refractivity contribution is 5.99. The van der Waals surface area contributed by atoms with E-state index in [9.17, 15) is 14.4 Å². The molecule has 0 atom stereocenters. The predicted octanol–water partition coefficient (Wildman–Crippen LogP) is 0.549. The number of pyridine rings is 1. The average Bonchev–Trinajstić information content (AvgIpc) is 2.54. The summed E-state index contributed by atoms with van der Waals surface area (Å²) in [6.07, 6.45) is 2.97. The molecule has 0 aliphatic carbocycles. The van der Waals surface area contributed by atoms with Crippen LogP contribution in [0.25, 0.3) is 0 Å². The van der Waals surface area contributed by atoms with E-state index in [1.54, 1.807) is 30.5 Å². The summed E-state index contributed by atoms with van der Waals surface area (Å²) < 4.78 is 0. The number of aromatic nitrogens is 1. The van der Waals surface area contributed by atoms with Gasteiger partial charge in [0.1, 0.15) is 0 Å². The van der Waals surface area contributed by atoms with Crippen LogP contribution in [-0.4, -0.2) is 29.3 Å². The van der Waals surface area contributed by atoms with Crippen molar-refractivity contribution in [3.63, 3.8) is 0 Å². The number of hydrogen-bond acceptors (Lipinski definition) is 4. The van der Waals surface area contributed by atoms with Crippen LogP contribution in [0.4, 0.5) is 5.69 Å². The van der Waals surface area contributed by atoms with Gasteiger partial charge in [-0.1, -0.05) is 0 Å². The van der Waals surface area contributed by atoms with Crippen molar-refractivity contribution in [3.05, 3.63) is 59.9 Å². The maximum atomic E-state index is 11.7. The van der Waals surface area contributed by atoms with Crippen LogP contribution in [-0.2, 0) is 4.79 Å². The SMILES string of the molecule is NC(=O)c1ccc(NC(=O)CNC(=O)c2cccnc2)cc1. The Morgan fingerprint density at radius 1 is 1.05 bits per heavy atom. The second-order valence-electron chi connectivity index (χ2n) is 4.41. The van der Waals surface area contributed by atoms with E-state index in [1.165, 1.54) is 18.3 Å². The summed E-state index contributed by atoms with van der Waals surface area (Å²) in [5.41, 5.74) is 6.35. The number of rotatable bonds is 5. The first-order chi connectivity index (χ1) is 10.6. The maximum Gasteiger partial charge on any atom is 0.253 e. The fourth-order valence-electron chi connectivity index (χ4n) is 1.68. The van der Waals surface area contributed by atoms with Gasteiger partial charge in [0.05, 0.1) is 12.1 Å². The number of carbonyl (C=O) groups is 3. The summed E-state index contributed by atoms with van der Waals surface area (Å²) in [6.45, 7) is -0.175. The summed E-state index contributed by atoms with van der Waals surface area (Å²) in [6, 6.07) is 9.36. The molecular formula is C15H14N4O3. The lowest BCUT2D eigenvalue weighted by Gasteiger charge is -2.07. The third-order valence-electron chi connectivity index (χ3n) is 2.79. The molecule has 112 valence electrons. The summed E-state index contributed by atoms with van der Waals surface area (Å²) in [5, 5.41) is 5.08.